The molecule has 0 atom stereocenters. The van der Waals surface area contributed by atoms with Gasteiger partial charge in [-0.05, 0) is 36.8 Å². The number of benzene rings is 1. The van der Waals surface area contributed by atoms with Crippen LogP contribution in [0.5, 0.6) is 0 Å². The summed E-state index contributed by atoms with van der Waals surface area (Å²) in [6.07, 6.45) is 0.0950. The van der Waals surface area contributed by atoms with Crippen LogP contribution in [0.15, 0.2) is 24.3 Å². The van der Waals surface area contributed by atoms with Gasteiger partial charge in [0.15, 0.2) is 0 Å². The Labute approximate surface area is 116 Å². The number of carbonyl (C=O) groups is 1. The van der Waals surface area contributed by atoms with Crippen LogP contribution < -0.4 is 0 Å². The van der Waals surface area contributed by atoms with Crippen LogP contribution in [-0.2, 0) is 4.18 Å². The summed E-state index contributed by atoms with van der Waals surface area (Å²) in [5.74, 6) is 0. The van der Waals surface area contributed by atoms with Gasteiger partial charge < -0.3 is 4.18 Å². The molecule has 0 N–H and O–H groups in total. The van der Waals surface area contributed by atoms with E-state index in [0.717, 1.165) is 21.9 Å². The highest BCUT2D eigenvalue weighted by molar-refractivity contribution is 9.11. The van der Waals surface area contributed by atoms with Gasteiger partial charge >= 0.3 is 0 Å². The monoisotopic (exact) mass is 305 g/mol. The SMILES string of the molecule is CC(C)OSSSC(=O)c1ccc([N+](=O)[O-])cc1. The largest absolute Gasteiger partial charge is 0.302 e. The van der Waals surface area contributed by atoms with E-state index in [1.165, 1.54) is 34.1 Å². The first-order valence-electron chi connectivity index (χ1n) is 4.96. The summed E-state index contributed by atoms with van der Waals surface area (Å²) in [6.45, 7) is 3.80. The number of rotatable bonds is 6. The molecule has 0 unspecified atom stereocenters. The summed E-state index contributed by atoms with van der Waals surface area (Å²) in [4.78, 5) is 21.6. The summed E-state index contributed by atoms with van der Waals surface area (Å²) in [5, 5.41) is 10.3. The van der Waals surface area contributed by atoms with E-state index in [2.05, 4.69) is 0 Å². The van der Waals surface area contributed by atoms with Crippen molar-refractivity contribution in [1.29, 1.82) is 0 Å². The third kappa shape index (κ3) is 5.30. The smallest absolute Gasteiger partial charge is 0.269 e. The van der Waals surface area contributed by atoms with Gasteiger partial charge in [0.1, 0.15) is 0 Å². The molecule has 0 aliphatic rings. The van der Waals surface area contributed by atoms with Gasteiger partial charge in [0, 0.05) is 27.5 Å². The third-order valence-electron chi connectivity index (χ3n) is 1.68. The Morgan fingerprint density at radius 2 is 1.94 bits per heavy atom. The van der Waals surface area contributed by atoms with Gasteiger partial charge in [-0.2, -0.15) is 0 Å². The highest BCUT2D eigenvalue weighted by Crippen LogP contribution is 2.38. The molecule has 5 nitrogen and oxygen atoms in total. The lowest BCUT2D eigenvalue weighted by Crippen LogP contribution is -1.94. The first-order chi connectivity index (χ1) is 8.50. The van der Waals surface area contributed by atoms with Gasteiger partial charge in [0.05, 0.1) is 22.1 Å². The number of hydrogen-bond donors (Lipinski definition) is 0. The van der Waals surface area contributed by atoms with Gasteiger partial charge in [-0.3, -0.25) is 14.9 Å². The molecule has 0 saturated heterocycles. The fourth-order valence-electron chi connectivity index (χ4n) is 0.907. The molecule has 0 saturated carbocycles. The maximum atomic E-state index is 11.7. The van der Waals surface area contributed by atoms with Crippen LogP contribution in [0.1, 0.15) is 24.2 Å². The maximum absolute atomic E-state index is 11.7. The predicted octanol–water partition coefficient (Wildman–Crippen LogP) is 4.10. The lowest BCUT2D eigenvalue weighted by Gasteiger charge is -2.03. The van der Waals surface area contributed by atoms with Crippen molar-refractivity contribution >= 4 is 42.5 Å². The van der Waals surface area contributed by atoms with E-state index in [4.69, 9.17) is 4.18 Å². The van der Waals surface area contributed by atoms with Crippen molar-refractivity contribution in [3.8, 4) is 0 Å². The molecular formula is C10H11NO4S3. The fourth-order valence-corrected chi connectivity index (χ4v) is 3.64. The normalized spacial score (nSPS) is 10.6. The van der Waals surface area contributed by atoms with Crippen molar-refractivity contribution in [2.24, 2.45) is 0 Å². The lowest BCUT2D eigenvalue weighted by atomic mass is 10.2. The van der Waals surface area contributed by atoms with Crippen LogP contribution in [0, 0.1) is 10.1 Å². The Morgan fingerprint density at radius 1 is 1.33 bits per heavy atom. The zero-order chi connectivity index (χ0) is 13.5. The number of nitro groups is 1. The Bertz CT molecular complexity index is 422. The average molecular weight is 305 g/mol. The van der Waals surface area contributed by atoms with E-state index in [0.29, 0.717) is 5.56 Å². The number of carbonyl (C=O) groups excluding carboxylic acids is 1. The third-order valence-corrected chi connectivity index (χ3v) is 4.83. The van der Waals surface area contributed by atoms with E-state index < -0.39 is 4.92 Å². The Hall–Kier alpha value is -0.700. The molecule has 0 heterocycles. The molecule has 0 amide bonds. The molecule has 0 aliphatic carbocycles. The topological polar surface area (TPSA) is 69.4 Å². The van der Waals surface area contributed by atoms with E-state index in [1.807, 2.05) is 13.8 Å². The van der Waals surface area contributed by atoms with Gasteiger partial charge in [0.2, 0.25) is 5.12 Å². The quantitative estimate of drug-likeness (QED) is 0.257. The van der Waals surface area contributed by atoms with Crippen molar-refractivity contribution < 1.29 is 13.9 Å². The van der Waals surface area contributed by atoms with Crippen molar-refractivity contribution in [2.45, 2.75) is 20.0 Å². The van der Waals surface area contributed by atoms with Crippen molar-refractivity contribution in [3.05, 3.63) is 39.9 Å². The molecular weight excluding hydrogens is 294 g/mol. The average Bonchev–Trinajstić information content (AvgIpc) is 2.34. The Kier molecular flexibility index (Phi) is 6.55. The molecule has 0 radical (unpaired) electrons. The number of hydrogen-bond acceptors (Lipinski definition) is 7. The second-order valence-corrected chi connectivity index (χ2v) is 7.00. The maximum Gasteiger partial charge on any atom is 0.269 e. The van der Waals surface area contributed by atoms with E-state index in [1.54, 1.807) is 0 Å². The van der Waals surface area contributed by atoms with Gasteiger partial charge in [0.25, 0.3) is 5.69 Å². The summed E-state index contributed by atoms with van der Waals surface area (Å²) in [6, 6.07) is 5.52. The summed E-state index contributed by atoms with van der Waals surface area (Å²) >= 11 is 1.14. The predicted molar refractivity (Wildman–Crippen MR) is 76.4 cm³/mol. The molecule has 1 aromatic carbocycles. The molecule has 0 spiro atoms. The molecule has 0 bridgehead atoms. The molecule has 18 heavy (non-hydrogen) atoms. The number of non-ortho nitro benzene ring substituents is 1. The first-order valence-corrected chi connectivity index (χ1v) is 8.37. The number of nitro benzene ring substituents is 1. The zero-order valence-electron chi connectivity index (χ0n) is 9.69. The van der Waals surface area contributed by atoms with E-state index >= 15 is 0 Å². The molecule has 1 rings (SSSR count). The van der Waals surface area contributed by atoms with Crippen molar-refractivity contribution in [2.75, 3.05) is 0 Å². The molecule has 98 valence electrons. The fraction of sp³-hybridized carbons (Fsp3) is 0.300. The Morgan fingerprint density at radius 3 is 2.44 bits per heavy atom. The van der Waals surface area contributed by atoms with E-state index in [9.17, 15) is 14.9 Å². The van der Waals surface area contributed by atoms with E-state index in [-0.39, 0.29) is 16.9 Å². The minimum Gasteiger partial charge on any atom is -0.302 e. The molecule has 0 aliphatic heterocycles. The highest BCUT2D eigenvalue weighted by atomic mass is 33.5. The zero-order valence-corrected chi connectivity index (χ0v) is 12.1. The minimum atomic E-state index is -0.498. The standard InChI is InChI=1S/C10H11NO4S3/c1-7(2)15-17-18-16-10(12)8-3-5-9(6-4-8)11(13)14/h3-7H,1-2H3. The molecule has 0 aromatic heterocycles. The van der Waals surface area contributed by atoms with Crippen molar-refractivity contribution in [3.63, 3.8) is 0 Å². The van der Waals surface area contributed by atoms with Crippen LogP contribution in [-0.4, -0.2) is 16.1 Å². The molecule has 0 fully saturated rings. The van der Waals surface area contributed by atoms with Crippen LogP contribution >= 0.6 is 31.7 Å². The van der Waals surface area contributed by atoms with Crippen LogP contribution in [0.4, 0.5) is 5.69 Å². The second-order valence-electron chi connectivity index (χ2n) is 3.46. The van der Waals surface area contributed by atoms with Crippen LogP contribution in [0.2, 0.25) is 0 Å². The second kappa shape index (κ2) is 7.67. The lowest BCUT2D eigenvalue weighted by molar-refractivity contribution is -0.384. The minimum absolute atomic E-state index is 0.0262. The van der Waals surface area contributed by atoms with Crippen LogP contribution in [0.3, 0.4) is 0 Å². The van der Waals surface area contributed by atoms with Gasteiger partial charge in [-0.1, -0.05) is 0 Å². The highest BCUT2D eigenvalue weighted by Gasteiger charge is 2.11. The van der Waals surface area contributed by atoms with Gasteiger partial charge in [-0.15, -0.1) is 0 Å². The first kappa shape index (κ1) is 15.4. The summed E-state index contributed by atoms with van der Waals surface area (Å²) in [5.41, 5.74) is 0.407. The summed E-state index contributed by atoms with van der Waals surface area (Å²) < 4.78 is 5.20. The summed E-state index contributed by atoms with van der Waals surface area (Å²) in [7, 11) is 2.25. The van der Waals surface area contributed by atoms with Crippen molar-refractivity contribution in [1.82, 2.24) is 0 Å². The Balaban J connectivity index is 2.44. The molecule has 8 heteroatoms. The van der Waals surface area contributed by atoms with Gasteiger partial charge in [-0.25, -0.2) is 0 Å². The molecule has 1 aromatic rings. The van der Waals surface area contributed by atoms with Crippen LogP contribution in [0.25, 0.3) is 0 Å². The number of nitrogens with zero attached hydrogens (tertiary/aromatic N) is 1.